The van der Waals surface area contributed by atoms with Gasteiger partial charge < -0.3 is 10.1 Å². The molecule has 4 nitrogen and oxygen atoms in total. The van der Waals surface area contributed by atoms with Crippen LogP contribution in [0.5, 0.6) is 0 Å². The summed E-state index contributed by atoms with van der Waals surface area (Å²) < 4.78 is 0. The summed E-state index contributed by atoms with van der Waals surface area (Å²) in [6.07, 6.45) is 2.95. The van der Waals surface area contributed by atoms with Crippen LogP contribution in [-0.4, -0.2) is 15.9 Å². The molecule has 1 radical (unpaired) electrons. The summed E-state index contributed by atoms with van der Waals surface area (Å²) in [6.45, 7) is 2.85. The standard InChI is InChI=1S/C13H9N2.C5H8O2.Ir/c1-2-6-11-10(5-1)9-13(15-11)12-7-3-4-8-14-12;1-4(6)3-5(2)7;/h1-9H;3,6H,1-2H3;/q-1;;/b;4-3-;. The summed E-state index contributed by atoms with van der Waals surface area (Å²) in [7, 11) is 0. The van der Waals surface area contributed by atoms with Crippen LogP contribution in [0.1, 0.15) is 13.8 Å². The SMILES string of the molecule is CC(=O)/C=C(/C)O.[Ir].c1ccc(-c2cc3ccccc3[n-]2)nc1. The molecule has 0 spiro atoms. The van der Waals surface area contributed by atoms with Crippen molar-refractivity contribution in [1.82, 2.24) is 9.97 Å². The normalized spacial score (nSPS) is 10.4. The third-order valence-electron chi connectivity index (χ3n) is 2.81. The number of pyridine rings is 1. The summed E-state index contributed by atoms with van der Waals surface area (Å²) >= 11 is 0. The number of para-hydroxylation sites is 1. The molecule has 3 aromatic rings. The predicted molar refractivity (Wildman–Crippen MR) is 87.6 cm³/mol. The first-order valence-electron chi connectivity index (χ1n) is 6.88. The quantitative estimate of drug-likeness (QED) is 0.442. The summed E-state index contributed by atoms with van der Waals surface area (Å²) in [5.41, 5.74) is 2.89. The summed E-state index contributed by atoms with van der Waals surface area (Å²) in [5.74, 6) is -0.0625. The van der Waals surface area contributed by atoms with Gasteiger partial charge in [-0.3, -0.25) is 9.78 Å². The number of aliphatic hydroxyl groups is 1. The van der Waals surface area contributed by atoms with Gasteiger partial charge in [0.15, 0.2) is 5.78 Å². The molecule has 0 unspecified atom stereocenters. The minimum Gasteiger partial charge on any atom is -0.656 e. The van der Waals surface area contributed by atoms with Crippen molar-refractivity contribution in [3.8, 4) is 11.4 Å². The number of allylic oxidation sites excluding steroid dienone is 2. The van der Waals surface area contributed by atoms with Crippen molar-refractivity contribution >= 4 is 16.7 Å². The maximum absolute atomic E-state index is 10.0. The minimum absolute atomic E-state index is 0. The Morgan fingerprint density at radius 3 is 2.35 bits per heavy atom. The minimum atomic E-state index is -0.125. The van der Waals surface area contributed by atoms with E-state index in [1.807, 2.05) is 36.4 Å². The second-order valence-electron chi connectivity index (χ2n) is 4.81. The molecular formula is C18H17IrN2O2-. The average molecular weight is 486 g/mol. The van der Waals surface area contributed by atoms with Crippen LogP contribution in [0.15, 0.2) is 66.6 Å². The number of benzene rings is 1. The molecule has 5 heteroatoms. The topological polar surface area (TPSA) is 64.3 Å². The van der Waals surface area contributed by atoms with Crippen molar-refractivity contribution in [3.05, 3.63) is 66.6 Å². The first-order chi connectivity index (χ1) is 10.6. The van der Waals surface area contributed by atoms with E-state index in [1.165, 1.54) is 19.9 Å². The molecule has 121 valence electrons. The molecule has 1 aromatic carbocycles. The van der Waals surface area contributed by atoms with Gasteiger partial charge in [-0.05, 0) is 31.4 Å². The first kappa shape index (κ1) is 18.8. The summed E-state index contributed by atoms with van der Waals surface area (Å²) in [5, 5.41) is 9.53. The van der Waals surface area contributed by atoms with E-state index in [-0.39, 0.29) is 31.6 Å². The van der Waals surface area contributed by atoms with Crippen LogP contribution in [-0.2, 0) is 24.9 Å². The third-order valence-corrected chi connectivity index (χ3v) is 2.81. The van der Waals surface area contributed by atoms with E-state index >= 15 is 0 Å². The maximum Gasteiger partial charge on any atom is 0.155 e. The number of rotatable bonds is 2. The van der Waals surface area contributed by atoms with Crippen LogP contribution < -0.4 is 4.98 Å². The molecule has 0 saturated carbocycles. The summed E-state index contributed by atoms with van der Waals surface area (Å²) in [6, 6.07) is 16.0. The Balaban J connectivity index is 0.000000287. The van der Waals surface area contributed by atoms with Gasteiger partial charge in [-0.25, -0.2) is 0 Å². The molecular weight excluding hydrogens is 468 g/mol. The first-order valence-corrected chi connectivity index (χ1v) is 6.88. The van der Waals surface area contributed by atoms with Gasteiger partial charge in [0.05, 0.1) is 5.76 Å². The van der Waals surface area contributed by atoms with Gasteiger partial charge in [-0.1, -0.05) is 36.4 Å². The Kier molecular flexibility index (Phi) is 7.39. The number of aromatic nitrogens is 2. The number of fused-ring (bicyclic) bond motifs is 1. The van der Waals surface area contributed by atoms with Gasteiger partial charge in [-0.15, -0.1) is 11.2 Å². The van der Waals surface area contributed by atoms with Crippen molar-refractivity contribution in [3.63, 3.8) is 0 Å². The predicted octanol–water partition coefficient (Wildman–Crippen LogP) is 3.89. The van der Waals surface area contributed by atoms with Crippen LogP contribution in [0.25, 0.3) is 22.3 Å². The molecule has 3 rings (SSSR count). The van der Waals surface area contributed by atoms with Crippen LogP contribution in [0.3, 0.4) is 0 Å². The molecule has 0 aliphatic rings. The number of ketones is 1. The molecule has 0 bridgehead atoms. The molecule has 0 aliphatic heterocycles. The molecule has 0 fully saturated rings. The number of aliphatic hydroxyl groups excluding tert-OH is 1. The number of carbonyl (C=O) groups excluding carboxylic acids is 1. The molecule has 0 amide bonds. The molecule has 0 aliphatic carbocycles. The maximum atomic E-state index is 10.0. The zero-order chi connectivity index (χ0) is 15.9. The fourth-order valence-electron chi connectivity index (χ4n) is 1.96. The second-order valence-corrected chi connectivity index (χ2v) is 4.81. The molecule has 0 saturated heterocycles. The van der Waals surface area contributed by atoms with Gasteiger partial charge >= 0.3 is 0 Å². The molecule has 2 heterocycles. The van der Waals surface area contributed by atoms with Crippen molar-refractivity contribution in [1.29, 1.82) is 0 Å². The van der Waals surface area contributed by atoms with E-state index in [1.54, 1.807) is 6.20 Å². The number of hydrogen-bond acceptors (Lipinski definition) is 3. The van der Waals surface area contributed by atoms with Gasteiger partial charge in [0.2, 0.25) is 0 Å². The van der Waals surface area contributed by atoms with E-state index in [2.05, 4.69) is 22.1 Å². The van der Waals surface area contributed by atoms with Crippen molar-refractivity contribution in [2.45, 2.75) is 13.8 Å². The largest absolute Gasteiger partial charge is 0.656 e. The Morgan fingerprint density at radius 2 is 1.83 bits per heavy atom. The van der Waals surface area contributed by atoms with E-state index < -0.39 is 0 Å². The monoisotopic (exact) mass is 486 g/mol. The average Bonchev–Trinajstić information content (AvgIpc) is 2.91. The fourth-order valence-corrected chi connectivity index (χ4v) is 1.96. The zero-order valence-corrected chi connectivity index (χ0v) is 15.3. The molecule has 1 N–H and O–H groups in total. The second kappa shape index (κ2) is 9.03. The third kappa shape index (κ3) is 5.81. The van der Waals surface area contributed by atoms with Crippen LogP contribution in [0, 0.1) is 0 Å². The number of nitrogens with zero attached hydrogens (tertiary/aromatic N) is 2. The van der Waals surface area contributed by atoms with Gasteiger partial charge in [-0.2, -0.15) is 0 Å². The van der Waals surface area contributed by atoms with Crippen molar-refractivity contribution in [2.75, 3.05) is 0 Å². The molecule has 23 heavy (non-hydrogen) atoms. The van der Waals surface area contributed by atoms with Crippen molar-refractivity contribution in [2.24, 2.45) is 0 Å². The fraction of sp³-hybridized carbons (Fsp3) is 0.111. The van der Waals surface area contributed by atoms with Crippen LogP contribution in [0.2, 0.25) is 0 Å². The molecule has 0 atom stereocenters. The number of carbonyl (C=O) groups is 1. The Hall–Kier alpha value is -2.23. The van der Waals surface area contributed by atoms with Crippen molar-refractivity contribution < 1.29 is 30.0 Å². The van der Waals surface area contributed by atoms with Crippen LogP contribution >= 0.6 is 0 Å². The Bertz CT molecular complexity index is 758. The van der Waals surface area contributed by atoms with E-state index in [9.17, 15) is 4.79 Å². The van der Waals surface area contributed by atoms with E-state index in [0.29, 0.717) is 0 Å². The van der Waals surface area contributed by atoms with E-state index in [4.69, 9.17) is 5.11 Å². The zero-order valence-electron chi connectivity index (χ0n) is 12.9. The number of hydrogen-bond donors (Lipinski definition) is 1. The van der Waals surface area contributed by atoms with Gasteiger partial charge in [0.25, 0.3) is 0 Å². The van der Waals surface area contributed by atoms with Crippen LogP contribution in [0.4, 0.5) is 0 Å². The Morgan fingerprint density at radius 1 is 1.13 bits per heavy atom. The smallest absolute Gasteiger partial charge is 0.155 e. The van der Waals surface area contributed by atoms with E-state index in [0.717, 1.165) is 22.3 Å². The van der Waals surface area contributed by atoms with Gasteiger partial charge in [0, 0.05) is 38.1 Å². The summed E-state index contributed by atoms with van der Waals surface area (Å²) in [4.78, 5) is 18.8. The van der Waals surface area contributed by atoms with Gasteiger partial charge in [0.1, 0.15) is 0 Å². The Labute approximate surface area is 148 Å². The molecule has 2 aromatic heterocycles.